The van der Waals surface area contributed by atoms with E-state index in [4.69, 9.17) is 0 Å². The molecule has 3 heteroatoms. The fourth-order valence-electron chi connectivity index (χ4n) is 3.79. The number of hydrogen-bond donors (Lipinski definition) is 0. The standard InChI is InChI=1S/C21H35NSi2/c1-8-15-22(23(16-9-2,17-10-3)18-11-4)24(19-12-5,20-13-6)21-14-7/h8-14H,1-7,15-21H2. The molecule has 0 aromatic rings. The van der Waals surface area contributed by atoms with Crippen LogP contribution in [0.15, 0.2) is 88.6 Å². The molecule has 1 nitrogen and oxygen atoms in total. The Morgan fingerprint density at radius 1 is 0.458 bits per heavy atom. The zero-order valence-corrected chi connectivity index (χ0v) is 17.4. The average Bonchev–Trinajstić information content (AvgIpc) is 2.54. The molecule has 24 heavy (non-hydrogen) atoms. The van der Waals surface area contributed by atoms with E-state index in [2.05, 4.69) is 86.7 Å². The van der Waals surface area contributed by atoms with E-state index in [0.717, 1.165) is 42.8 Å². The molecule has 0 N–H and O–H groups in total. The van der Waals surface area contributed by atoms with E-state index in [0.29, 0.717) is 0 Å². The first-order chi connectivity index (χ1) is 11.6. The molecule has 0 amide bonds. The third kappa shape index (κ3) is 5.58. The molecule has 0 aliphatic heterocycles. The summed E-state index contributed by atoms with van der Waals surface area (Å²) in [5.41, 5.74) is 0. The van der Waals surface area contributed by atoms with Gasteiger partial charge in [0.1, 0.15) is 16.5 Å². The third-order valence-corrected chi connectivity index (χ3v) is 16.4. The van der Waals surface area contributed by atoms with Gasteiger partial charge in [0.05, 0.1) is 0 Å². The van der Waals surface area contributed by atoms with Gasteiger partial charge in [-0.1, -0.05) is 42.5 Å². The Morgan fingerprint density at radius 3 is 0.875 bits per heavy atom. The van der Waals surface area contributed by atoms with Crippen molar-refractivity contribution >= 4 is 16.5 Å². The summed E-state index contributed by atoms with van der Waals surface area (Å²) in [6.45, 7) is 29.2. The predicted molar refractivity (Wildman–Crippen MR) is 118 cm³/mol. The molecule has 0 aliphatic rings. The van der Waals surface area contributed by atoms with Gasteiger partial charge in [0.2, 0.25) is 0 Å². The Labute approximate surface area is 152 Å². The molecule has 0 saturated carbocycles. The third-order valence-electron chi connectivity index (χ3n) is 4.60. The molecule has 0 bridgehead atoms. The fourth-order valence-corrected chi connectivity index (χ4v) is 16.0. The number of rotatable bonds is 16. The lowest BCUT2D eigenvalue weighted by atomic mass is 10.7. The SMILES string of the molecule is C=CCN([Si](CC=C)(CC=C)CC=C)[Si](CC=C)(CC=C)CC=C. The van der Waals surface area contributed by atoms with Gasteiger partial charge in [-0.3, -0.25) is 0 Å². The van der Waals surface area contributed by atoms with Crippen LogP contribution in [0, 0.1) is 0 Å². The molecular formula is C21H35NSi2. The Kier molecular flexibility index (Phi) is 11.3. The van der Waals surface area contributed by atoms with Crippen LogP contribution in [0.25, 0.3) is 0 Å². The van der Waals surface area contributed by atoms with Crippen LogP contribution in [0.3, 0.4) is 0 Å². The minimum atomic E-state index is -1.87. The quantitative estimate of drug-likeness (QED) is 0.226. The van der Waals surface area contributed by atoms with Gasteiger partial charge < -0.3 is 4.23 Å². The van der Waals surface area contributed by atoms with E-state index in [1.807, 2.05) is 6.08 Å². The topological polar surface area (TPSA) is 3.24 Å². The van der Waals surface area contributed by atoms with E-state index in [1.54, 1.807) is 0 Å². The summed E-state index contributed by atoms with van der Waals surface area (Å²) in [4.78, 5) is 0. The van der Waals surface area contributed by atoms with Gasteiger partial charge >= 0.3 is 0 Å². The van der Waals surface area contributed by atoms with Crippen LogP contribution >= 0.6 is 0 Å². The van der Waals surface area contributed by atoms with Crippen molar-refractivity contribution in [2.75, 3.05) is 6.54 Å². The van der Waals surface area contributed by atoms with Crippen LogP contribution in [0.4, 0.5) is 0 Å². The van der Waals surface area contributed by atoms with Gasteiger partial charge in [0.25, 0.3) is 0 Å². The van der Waals surface area contributed by atoms with Crippen LogP contribution < -0.4 is 0 Å². The second kappa shape index (κ2) is 12.0. The molecule has 0 heterocycles. The summed E-state index contributed by atoms with van der Waals surface area (Å²) in [7, 11) is -3.73. The van der Waals surface area contributed by atoms with Crippen LogP contribution in [-0.2, 0) is 0 Å². The monoisotopic (exact) mass is 357 g/mol. The van der Waals surface area contributed by atoms with E-state index in [-0.39, 0.29) is 0 Å². The number of nitrogens with zero attached hydrogens (tertiary/aromatic N) is 1. The molecule has 0 unspecified atom stereocenters. The highest BCUT2D eigenvalue weighted by molar-refractivity contribution is 6.94. The molecule has 0 aromatic heterocycles. The van der Waals surface area contributed by atoms with Crippen molar-refractivity contribution in [1.82, 2.24) is 4.23 Å². The highest BCUT2D eigenvalue weighted by Gasteiger charge is 2.47. The Bertz CT molecular complexity index is 373. The fraction of sp³-hybridized carbons (Fsp3) is 0.333. The summed E-state index contributed by atoms with van der Waals surface area (Å²) < 4.78 is 2.81. The zero-order chi connectivity index (χ0) is 18.5. The summed E-state index contributed by atoms with van der Waals surface area (Å²) in [5.74, 6) is 0. The summed E-state index contributed by atoms with van der Waals surface area (Å²) in [6, 6.07) is 6.16. The Morgan fingerprint density at radius 2 is 0.708 bits per heavy atom. The van der Waals surface area contributed by atoms with Gasteiger partial charge in [0, 0.05) is 6.54 Å². The van der Waals surface area contributed by atoms with E-state index in [1.165, 1.54) is 0 Å². The van der Waals surface area contributed by atoms with Crippen LogP contribution in [0.2, 0.25) is 36.3 Å². The second-order valence-electron chi connectivity index (χ2n) is 6.30. The number of allylic oxidation sites excluding steroid dienone is 6. The average molecular weight is 358 g/mol. The molecule has 0 rings (SSSR count). The zero-order valence-electron chi connectivity index (χ0n) is 15.4. The molecule has 0 spiro atoms. The molecule has 132 valence electrons. The predicted octanol–water partition coefficient (Wildman–Crippen LogP) is 6.48. The maximum absolute atomic E-state index is 4.04. The second-order valence-corrected chi connectivity index (χ2v) is 15.2. The van der Waals surface area contributed by atoms with Crippen molar-refractivity contribution in [3.63, 3.8) is 0 Å². The van der Waals surface area contributed by atoms with Gasteiger partial charge in [-0.2, -0.15) is 0 Å². The molecular weight excluding hydrogens is 322 g/mol. The summed E-state index contributed by atoms with van der Waals surface area (Å²) >= 11 is 0. The largest absolute Gasteiger partial charge is 0.340 e. The lowest BCUT2D eigenvalue weighted by Crippen LogP contribution is -2.66. The minimum Gasteiger partial charge on any atom is -0.340 e. The van der Waals surface area contributed by atoms with Crippen LogP contribution in [-0.4, -0.2) is 27.2 Å². The van der Waals surface area contributed by atoms with Crippen LogP contribution in [0.1, 0.15) is 0 Å². The van der Waals surface area contributed by atoms with Crippen molar-refractivity contribution in [2.45, 2.75) is 36.3 Å². The normalized spacial score (nSPS) is 11.5. The highest BCUT2D eigenvalue weighted by atomic mass is 28.4. The smallest absolute Gasteiger partial charge is 0.133 e. The first-order valence-corrected chi connectivity index (χ1v) is 13.7. The molecule has 0 atom stereocenters. The summed E-state index contributed by atoms with van der Waals surface area (Å²) in [5, 5.41) is 0. The van der Waals surface area contributed by atoms with Gasteiger partial charge in [-0.25, -0.2) is 0 Å². The van der Waals surface area contributed by atoms with Gasteiger partial charge in [-0.05, 0) is 36.3 Å². The molecule has 0 aliphatic carbocycles. The minimum absolute atomic E-state index is 0.892. The molecule has 0 radical (unpaired) electrons. The van der Waals surface area contributed by atoms with Crippen molar-refractivity contribution < 1.29 is 0 Å². The number of hydrogen-bond acceptors (Lipinski definition) is 1. The van der Waals surface area contributed by atoms with E-state index < -0.39 is 16.5 Å². The maximum Gasteiger partial charge on any atom is 0.133 e. The molecule has 0 aromatic carbocycles. The van der Waals surface area contributed by atoms with Crippen molar-refractivity contribution in [1.29, 1.82) is 0 Å². The highest BCUT2D eigenvalue weighted by Crippen LogP contribution is 2.37. The first-order valence-electron chi connectivity index (χ1n) is 8.60. The van der Waals surface area contributed by atoms with Gasteiger partial charge in [-0.15, -0.1) is 46.1 Å². The first kappa shape index (κ1) is 22.6. The summed E-state index contributed by atoms with van der Waals surface area (Å²) in [6.07, 6.45) is 14.5. The lowest BCUT2D eigenvalue weighted by Gasteiger charge is -2.52. The molecule has 0 fully saturated rings. The van der Waals surface area contributed by atoms with E-state index in [9.17, 15) is 0 Å². The lowest BCUT2D eigenvalue weighted by molar-refractivity contribution is 0.655. The van der Waals surface area contributed by atoms with Gasteiger partial charge in [0.15, 0.2) is 0 Å². The Balaban J connectivity index is 6.38. The van der Waals surface area contributed by atoms with Crippen molar-refractivity contribution in [2.24, 2.45) is 0 Å². The van der Waals surface area contributed by atoms with Crippen LogP contribution in [0.5, 0.6) is 0 Å². The van der Waals surface area contributed by atoms with Crippen molar-refractivity contribution in [3.8, 4) is 0 Å². The van der Waals surface area contributed by atoms with Crippen molar-refractivity contribution in [3.05, 3.63) is 88.6 Å². The maximum atomic E-state index is 4.04. The Hall–Kier alpha value is -1.43. The molecule has 0 saturated heterocycles. The van der Waals surface area contributed by atoms with E-state index >= 15 is 0 Å².